The summed E-state index contributed by atoms with van der Waals surface area (Å²) in [5.41, 5.74) is 0.209. The number of amides is 2. The van der Waals surface area contributed by atoms with E-state index in [9.17, 15) is 9.59 Å². The third kappa shape index (κ3) is 2.36. The van der Waals surface area contributed by atoms with Crippen LogP contribution < -0.4 is 0 Å². The Morgan fingerprint density at radius 1 is 1.37 bits per heavy atom. The Kier molecular flexibility index (Phi) is 3.47. The third-order valence-electron chi connectivity index (χ3n) is 4.34. The van der Waals surface area contributed by atoms with E-state index in [1.165, 1.54) is 0 Å². The van der Waals surface area contributed by atoms with Gasteiger partial charge >= 0.3 is 0 Å². The molecule has 0 bridgehead atoms. The molecule has 0 aromatic carbocycles. The number of rotatable bonds is 1. The van der Waals surface area contributed by atoms with Crippen molar-refractivity contribution in [2.75, 3.05) is 37.9 Å². The SMILES string of the molecule is CC(=O)N1CSC[C@H]1C(=O)N1CC2(CCCOC2)C1. The average Bonchev–Trinajstić information content (AvgIpc) is 2.85. The summed E-state index contributed by atoms with van der Waals surface area (Å²) >= 11 is 1.66. The van der Waals surface area contributed by atoms with Crippen LogP contribution in [0.25, 0.3) is 0 Å². The summed E-state index contributed by atoms with van der Waals surface area (Å²) < 4.78 is 5.53. The Morgan fingerprint density at radius 2 is 2.16 bits per heavy atom. The normalized spacial score (nSPS) is 29.4. The monoisotopic (exact) mass is 284 g/mol. The van der Waals surface area contributed by atoms with Crippen LogP contribution in [0.4, 0.5) is 0 Å². The molecule has 0 radical (unpaired) electrons. The van der Waals surface area contributed by atoms with Crippen LogP contribution in [0.1, 0.15) is 19.8 Å². The van der Waals surface area contributed by atoms with Crippen LogP contribution in [-0.4, -0.2) is 65.6 Å². The highest BCUT2D eigenvalue weighted by atomic mass is 32.2. The van der Waals surface area contributed by atoms with Crippen molar-refractivity contribution in [2.24, 2.45) is 5.41 Å². The highest BCUT2D eigenvalue weighted by Gasteiger charge is 2.48. The summed E-state index contributed by atoms with van der Waals surface area (Å²) in [5, 5.41) is 0. The number of hydrogen-bond acceptors (Lipinski definition) is 4. The Balaban J connectivity index is 1.59. The van der Waals surface area contributed by atoms with E-state index in [2.05, 4.69) is 0 Å². The quantitative estimate of drug-likeness (QED) is 0.705. The largest absolute Gasteiger partial charge is 0.381 e. The fourth-order valence-corrected chi connectivity index (χ4v) is 4.46. The van der Waals surface area contributed by atoms with Crippen LogP contribution in [0, 0.1) is 5.41 Å². The van der Waals surface area contributed by atoms with Gasteiger partial charge in [-0.3, -0.25) is 9.59 Å². The maximum atomic E-state index is 12.4. The van der Waals surface area contributed by atoms with Crippen LogP contribution >= 0.6 is 11.8 Å². The van der Waals surface area contributed by atoms with Crippen LogP contribution in [0.15, 0.2) is 0 Å². The number of hydrogen-bond donors (Lipinski definition) is 0. The molecule has 6 heteroatoms. The minimum Gasteiger partial charge on any atom is -0.381 e. The van der Waals surface area contributed by atoms with Gasteiger partial charge in [0.05, 0.1) is 12.5 Å². The summed E-state index contributed by atoms with van der Waals surface area (Å²) in [6.07, 6.45) is 2.26. The lowest BCUT2D eigenvalue weighted by atomic mass is 9.75. The van der Waals surface area contributed by atoms with Crippen molar-refractivity contribution in [1.82, 2.24) is 9.80 Å². The number of thioether (sulfide) groups is 1. The smallest absolute Gasteiger partial charge is 0.246 e. The molecule has 2 amide bonds. The van der Waals surface area contributed by atoms with Gasteiger partial charge < -0.3 is 14.5 Å². The van der Waals surface area contributed by atoms with Crippen molar-refractivity contribution >= 4 is 23.6 Å². The predicted molar refractivity (Wildman–Crippen MR) is 72.7 cm³/mol. The van der Waals surface area contributed by atoms with E-state index in [0.29, 0.717) is 5.88 Å². The molecule has 3 heterocycles. The Labute approximate surface area is 117 Å². The van der Waals surface area contributed by atoms with Crippen molar-refractivity contribution in [1.29, 1.82) is 0 Å². The molecule has 3 aliphatic heterocycles. The van der Waals surface area contributed by atoms with Crippen LogP contribution in [-0.2, 0) is 14.3 Å². The van der Waals surface area contributed by atoms with E-state index in [0.717, 1.165) is 44.9 Å². The molecule has 0 N–H and O–H groups in total. The topological polar surface area (TPSA) is 49.9 Å². The van der Waals surface area contributed by atoms with E-state index >= 15 is 0 Å². The van der Waals surface area contributed by atoms with Gasteiger partial charge in [-0.1, -0.05) is 0 Å². The highest BCUT2D eigenvalue weighted by molar-refractivity contribution is 7.99. The molecule has 3 rings (SSSR count). The minimum absolute atomic E-state index is 0.000383. The number of ether oxygens (including phenoxy) is 1. The zero-order chi connectivity index (χ0) is 13.5. The molecular formula is C13H20N2O3S. The maximum absolute atomic E-state index is 12.4. The van der Waals surface area contributed by atoms with E-state index in [4.69, 9.17) is 4.74 Å². The summed E-state index contributed by atoms with van der Waals surface area (Å²) in [5.74, 6) is 1.50. The first-order valence-electron chi connectivity index (χ1n) is 6.83. The second-order valence-corrected chi connectivity index (χ2v) is 6.85. The minimum atomic E-state index is -0.246. The number of nitrogens with zero attached hydrogens (tertiary/aromatic N) is 2. The van der Waals surface area contributed by atoms with Crippen LogP contribution in [0.5, 0.6) is 0 Å². The van der Waals surface area contributed by atoms with Gasteiger partial charge in [0.25, 0.3) is 0 Å². The van der Waals surface area contributed by atoms with Gasteiger partial charge in [0.2, 0.25) is 11.8 Å². The summed E-state index contributed by atoms with van der Waals surface area (Å²) in [6, 6.07) is -0.246. The van der Waals surface area contributed by atoms with Crippen molar-refractivity contribution in [2.45, 2.75) is 25.8 Å². The molecule has 0 aromatic heterocycles. The highest BCUT2D eigenvalue weighted by Crippen LogP contribution is 2.39. The van der Waals surface area contributed by atoms with Gasteiger partial charge in [-0.05, 0) is 12.8 Å². The number of carbonyl (C=O) groups excluding carboxylic acids is 2. The summed E-state index contributed by atoms with van der Waals surface area (Å²) in [4.78, 5) is 27.5. The zero-order valence-corrected chi connectivity index (χ0v) is 12.1. The fourth-order valence-electron chi connectivity index (χ4n) is 3.25. The van der Waals surface area contributed by atoms with E-state index in [1.807, 2.05) is 4.90 Å². The molecular weight excluding hydrogens is 264 g/mol. The van der Waals surface area contributed by atoms with E-state index < -0.39 is 0 Å². The average molecular weight is 284 g/mol. The van der Waals surface area contributed by atoms with Crippen molar-refractivity contribution in [3.05, 3.63) is 0 Å². The molecule has 19 heavy (non-hydrogen) atoms. The second-order valence-electron chi connectivity index (χ2n) is 5.85. The van der Waals surface area contributed by atoms with Gasteiger partial charge in [-0.15, -0.1) is 11.8 Å². The van der Waals surface area contributed by atoms with E-state index in [1.54, 1.807) is 23.6 Å². The van der Waals surface area contributed by atoms with Gasteiger partial charge in [0.1, 0.15) is 6.04 Å². The molecule has 1 spiro atoms. The van der Waals surface area contributed by atoms with E-state index in [-0.39, 0.29) is 23.3 Å². The molecule has 5 nitrogen and oxygen atoms in total. The lowest BCUT2D eigenvalue weighted by Gasteiger charge is -2.52. The molecule has 0 aromatic rings. The number of likely N-dealkylation sites (tertiary alicyclic amines) is 1. The first kappa shape index (κ1) is 13.2. The predicted octanol–water partition coefficient (Wildman–Crippen LogP) is 0.547. The third-order valence-corrected chi connectivity index (χ3v) is 5.35. The molecule has 3 aliphatic rings. The Bertz CT molecular complexity index is 387. The van der Waals surface area contributed by atoms with Crippen LogP contribution in [0.3, 0.4) is 0 Å². The first-order chi connectivity index (χ1) is 9.11. The molecule has 0 unspecified atom stereocenters. The molecule has 0 saturated carbocycles. The van der Waals surface area contributed by atoms with Gasteiger partial charge in [-0.2, -0.15) is 0 Å². The Morgan fingerprint density at radius 3 is 2.79 bits per heavy atom. The molecule has 3 fully saturated rings. The summed E-state index contributed by atoms with van der Waals surface area (Å²) in [7, 11) is 0. The second kappa shape index (κ2) is 4.98. The molecule has 0 aliphatic carbocycles. The van der Waals surface area contributed by atoms with Crippen molar-refractivity contribution in [3.63, 3.8) is 0 Å². The maximum Gasteiger partial charge on any atom is 0.246 e. The van der Waals surface area contributed by atoms with Crippen molar-refractivity contribution in [3.8, 4) is 0 Å². The lowest BCUT2D eigenvalue weighted by molar-refractivity contribution is -0.160. The zero-order valence-electron chi connectivity index (χ0n) is 11.3. The molecule has 3 saturated heterocycles. The van der Waals surface area contributed by atoms with Crippen LogP contribution in [0.2, 0.25) is 0 Å². The van der Waals surface area contributed by atoms with Gasteiger partial charge in [0, 0.05) is 37.8 Å². The fraction of sp³-hybridized carbons (Fsp3) is 0.846. The lowest BCUT2D eigenvalue weighted by Crippen LogP contribution is -2.64. The van der Waals surface area contributed by atoms with Gasteiger partial charge in [0.15, 0.2) is 0 Å². The standard InChI is InChI=1S/C13H20N2O3S/c1-10(16)15-9-19-5-11(15)12(17)14-6-13(7-14)3-2-4-18-8-13/h11H,2-9H2,1H3/t11-/m0/s1. The first-order valence-corrected chi connectivity index (χ1v) is 7.98. The molecule has 106 valence electrons. The Hall–Kier alpha value is -0.750. The van der Waals surface area contributed by atoms with Gasteiger partial charge in [-0.25, -0.2) is 0 Å². The van der Waals surface area contributed by atoms with Crippen molar-refractivity contribution < 1.29 is 14.3 Å². The summed E-state index contributed by atoms with van der Waals surface area (Å²) in [6.45, 7) is 4.79. The number of carbonyl (C=O) groups is 2. The molecule has 1 atom stereocenters.